The highest BCUT2D eigenvalue weighted by molar-refractivity contribution is 5.80. The number of hydrogen-bond donors (Lipinski definition) is 1. The first kappa shape index (κ1) is 15.1. The van der Waals surface area contributed by atoms with Crippen LogP contribution in [0.4, 0.5) is 0 Å². The average Bonchev–Trinajstić information content (AvgIpc) is 2.48. The van der Waals surface area contributed by atoms with E-state index >= 15 is 0 Å². The molecule has 1 N–H and O–H groups in total. The van der Waals surface area contributed by atoms with E-state index in [9.17, 15) is 4.79 Å². The van der Waals surface area contributed by atoms with E-state index in [2.05, 4.69) is 5.32 Å². The summed E-state index contributed by atoms with van der Waals surface area (Å²) < 4.78 is 5.64. The summed E-state index contributed by atoms with van der Waals surface area (Å²) in [5.74, 6) is 0.595. The van der Waals surface area contributed by atoms with E-state index in [0.717, 1.165) is 5.56 Å². The zero-order chi connectivity index (χ0) is 15.2. The molecule has 0 heterocycles. The Morgan fingerprint density at radius 3 is 2.43 bits per heavy atom. The Hall–Kier alpha value is -2.29. The maximum Gasteiger partial charge on any atom is 0.261 e. The second-order valence-corrected chi connectivity index (χ2v) is 5.22. The van der Waals surface area contributed by atoms with Gasteiger partial charge in [0.1, 0.15) is 5.75 Å². The molecule has 0 aliphatic carbocycles. The number of rotatable bonds is 5. The van der Waals surface area contributed by atoms with E-state index in [1.165, 1.54) is 11.1 Å². The topological polar surface area (TPSA) is 38.3 Å². The Morgan fingerprint density at radius 1 is 1.10 bits per heavy atom. The lowest BCUT2D eigenvalue weighted by Crippen LogP contribution is -2.36. The molecule has 0 aliphatic rings. The fraction of sp³-hybridized carbons (Fsp3) is 0.278. The fourth-order valence-electron chi connectivity index (χ4n) is 2.01. The van der Waals surface area contributed by atoms with Crippen molar-refractivity contribution in [1.29, 1.82) is 0 Å². The molecule has 0 saturated heterocycles. The van der Waals surface area contributed by atoms with Gasteiger partial charge < -0.3 is 10.1 Å². The van der Waals surface area contributed by atoms with Gasteiger partial charge in [-0.1, -0.05) is 42.0 Å². The fourth-order valence-corrected chi connectivity index (χ4v) is 2.01. The molecule has 2 aromatic rings. The van der Waals surface area contributed by atoms with Gasteiger partial charge in [-0.05, 0) is 44.0 Å². The molecule has 3 nitrogen and oxygen atoms in total. The SMILES string of the molecule is Cc1ccc(OC(C)C(=O)NCc2ccccc2C)cc1. The molecule has 1 amide bonds. The predicted molar refractivity (Wildman–Crippen MR) is 84.3 cm³/mol. The maximum atomic E-state index is 12.1. The van der Waals surface area contributed by atoms with Gasteiger partial charge in [-0.25, -0.2) is 0 Å². The monoisotopic (exact) mass is 283 g/mol. The van der Waals surface area contributed by atoms with Crippen LogP contribution in [0.15, 0.2) is 48.5 Å². The molecule has 0 radical (unpaired) electrons. The summed E-state index contributed by atoms with van der Waals surface area (Å²) in [6.07, 6.45) is -0.517. The van der Waals surface area contributed by atoms with Gasteiger partial charge in [0.15, 0.2) is 6.10 Å². The number of hydrogen-bond acceptors (Lipinski definition) is 2. The van der Waals surface area contributed by atoms with Crippen molar-refractivity contribution in [2.24, 2.45) is 0 Å². The van der Waals surface area contributed by atoms with Crippen LogP contribution >= 0.6 is 0 Å². The van der Waals surface area contributed by atoms with Crippen LogP contribution in [0.2, 0.25) is 0 Å². The van der Waals surface area contributed by atoms with Crippen LogP contribution in [0.5, 0.6) is 5.75 Å². The highest BCUT2D eigenvalue weighted by Gasteiger charge is 2.14. The molecular formula is C18H21NO2. The van der Waals surface area contributed by atoms with E-state index in [4.69, 9.17) is 4.74 Å². The van der Waals surface area contributed by atoms with E-state index in [0.29, 0.717) is 12.3 Å². The van der Waals surface area contributed by atoms with Gasteiger partial charge in [0, 0.05) is 6.54 Å². The third-order valence-electron chi connectivity index (χ3n) is 3.42. The minimum absolute atomic E-state index is 0.112. The van der Waals surface area contributed by atoms with Gasteiger partial charge >= 0.3 is 0 Å². The van der Waals surface area contributed by atoms with Crippen LogP contribution in [-0.2, 0) is 11.3 Å². The van der Waals surface area contributed by atoms with Gasteiger partial charge in [0.25, 0.3) is 5.91 Å². The summed E-state index contributed by atoms with van der Waals surface area (Å²) in [6.45, 7) is 6.33. The minimum Gasteiger partial charge on any atom is -0.481 e. The third kappa shape index (κ3) is 4.35. The molecule has 1 unspecified atom stereocenters. The Bertz CT molecular complexity index is 605. The lowest BCUT2D eigenvalue weighted by molar-refractivity contribution is -0.127. The number of benzene rings is 2. The summed E-state index contributed by atoms with van der Waals surface area (Å²) in [6, 6.07) is 15.7. The molecule has 0 aromatic heterocycles. The zero-order valence-corrected chi connectivity index (χ0v) is 12.7. The van der Waals surface area contributed by atoms with Crippen molar-refractivity contribution >= 4 is 5.91 Å². The van der Waals surface area contributed by atoms with Crippen molar-refractivity contribution in [1.82, 2.24) is 5.32 Å². The minimum atomic E-state index is -0.517. The maximum absolute atomic E-state index is 12.1. The summed E-state index contributed by atoms with van der Waals surface area (Å²) in [5.41, 5.74) is 3.46. The van der Waals surface area contributed by atoms with Gasteiger partial charge in [-0.3, -0.25) is 4.79 Å². The van der Waals surface area contributed by atoms with E-state index < -0.39 is 6.10 Å². The Morgan fingerprint density at radius 2 is 1.76 bits per heavy atom. The smallest absolute Gasteiger partial charge is 0.261 e. The average molecular weight is 283 g/mol. The molecule has 1 atom stereocenters. The second-order valence-electron chi connectivity index (χ2n) is 5.22. The number of carbonyl (C=O) groups excluding carboxylic acids is 1. The van der Waals surface area contributed by atoms with Gasteiger partial charge in [0.2, 0.25) is 0 Å². The van der Waals surface area contributed by atoms with Gasteiger partial charge in [-0.15, -0.1) is 0 Å². The van der Waals surface area contributed by atoms with Crippen LogP contribution in [-0.4, -0.2) is 12.0 Å². The summed E-state index contributed by atoms with van der Waals surface area (Å²) in [7, 11) is 0. The molecule has 110 valence electrons. The number of ether oxygens (including phenoxy) is 1. The lowest BCUT2D eigenvalue weighted by atomic mass is 10.1. The van der Waals surface area contributed by atoms with Crippen molar-refractivity contribution in [3.63, 3.8) is 0 Å². The quantitative estimate of drug-likeness (QED) is 0.913. The van der Waals surface area contributed by atoms with Crippen molar-refractivity contribution < 1.29 is 9.53 Å². The Kier molecular flexibility index (Phi) is 4.99. The van der Waals surface area contributed by atoms with Crippen LogP contribution in [0.3, 0.4) is 0 Å². The molecule has 21 heavy (non-hydrogen) atoms. The highest BCUT2D eigenvalue weighted by Crippen LogP contribution is 2.13. The molecule has 0 fully saturated rings. The Balaban J connectivity index is 1.88. The number of amides is 1. The molecule has 2 rings (SSSR count). The molecule has 0 aliphatic heterocycles. The predicted octanol–water partition coefficient (Wildman–Crippen LogP) is 3.39. The van der Waals surface area contributed by atoms with E-state index in [-0.39, 0.29) is 5.91 Å². The number of aryl methyl sites for hydroxylation is 2. The van der Waals surface area contributed by atoms with Gasteiger partial charge in [-0.2, -0.15) is 0 Å². The molecule has 0 bridgehead atoms. The second kappa shape index (κ2) is 6.93. The van der Waals surface area contributed by atoms with Crippen LogP contribution in [0, 0.1) is 13.8 Å². The largest absolute Gasteiger partial charge is 0.481 e. The number of nitrogens with one attached hydrogen (secondary N) is 1. The summed E-state index contributed by atoms with van der Waals surface area (Å²) >= 11 is 0. The van der Waals surface area contributed by atoms with E-state index in [1.807, 2.05) is 62.4 Å². The van der Waals surface area contributed by atoms with Gasteiger partial charge in [0.05, 0.1) is 0 Å². The van der Waals surface area contributed by atoms with E-state index in [1.54, 1.807) is 6.92 Å². The first-order valence-corrected chi connectivity index (χ1v) is 7.12. The molecule has 3 heteroatoms. The zero-order valence-electron chi connectivity index (χ0n) is 12.7. The summed E-state index contributed by atoms with van der Waals surface area (Å²) in [5, 5.41) is 2.91. The molecular weight excluding hydrogens is 262 g/mol. The standard InChI is InChI=1S/C18H21NO2/c1-13-8-10-17(11-9-13)21-15(3)18(20)19-12-16-7-5-4-6-14(16)2/h4-11,15H,12H2,1-3H3,(H,19,20). The van der Waals surface area contributed by atoms with Crippen molar-refractivity contribution in [3.8, 4) is 5.75 Å². The molecule has 2 aromatic carbocycles. The first-order valence-electron chi connectivity index (χ1n) is 7.12. The lowest BCUT2D eigenvalue weighted by Gasteiger charge is -2.15. The van der Waals surface area contributed by atoms with Crippen LogP contribution < -0.4 is 10.1 Å². The van der Waals surface area contributed by atoms with Crippen molar-refractivity contribution in [2.75, 3.05) is 0 Å². The van der Waals surface area contributed by atoms with Crippen LogP contribution in [0.25, 0.3) is 0 Å². The molecule has 0 saturated carbocycles. The summed E-state index contributed by atoms with van der Waals surface area (Å²) in [4.78, 5) is 12.1. The Labute approximate surface area is 126 Å². The normalized spacial score (nSPS) is 11.8. The van der Waals surface area contributed by atoms with Crippen molar-refractivity contribution in [3.05, 3.63) is 65.2 Å². The van der Waals surface area contributed by atoms with Crippen molar-refractivity contribution in [2.45, 2.75) is 33.4 Å². The highest BCUT2D eigenvalue weighted by atomic mass is 16.5. The van der Waals surface area contributed by atoms with Crippen LogP contribution in [0.1, 0.15) is 23.6 Å². The third-order valence-corrected chi connectivity index (χ3v) is 3.42. The molecule has 0 spiro atoms. The first-order chi connectivity index (χ1) is 10.1. The number of carbonyl (C=O) groups is 1.